The van der Waals surface area contributed by atoms with Crippen LogP contribution in [-0.2, 0) is 9.53 Å². The molecule has 2 heterocycles. The minimum Gasteiger partial charge on any atom is -0.491 e. The second-order valence-corrected chi connectivity index (χ2v) is 8.97. The fourth-order valence-corrected chi connectivity index (χ4v) is 4.44. The first-order valence-corrected chi connectivity index (χ1v) is 12.5. The van der Waals surface area contributed by atoms with Gasteiger partial charge in [-0.3, -0.25) is 14.4 Å². The van der Waals surface area contributed by atoms with Gasteiger partial charge in [-0.2, -0.15) is 0 Å². The summed E-state index contributed by atoms with van der Waals surface area (Å²) in [6, 6.07) is 13.0. The normalized spacial score (nSPS) is 18.1. The van der Waals surface area contributed by atoms with Crippen LogP contribution in [0.25, 0.3) is 0 Å². The zero-order valence-electron chi connectivity index (χ0n) is 20.8. The molecule has 0 aromatic heterocycles. The van der Waals surface area contributed by atoms with Crippen LogP contribution in [0.2, 0.25) is 0 Å². The fourth-order valence-electron chi connectivity index (χ4n) is 4.44. The Balaban J connectivity index is 1.53. The van der Waals surface area contributed by atoms with Crippen molar-refractivity contribution in [1.29, 1.82) is 0 Å². The molecular formula is C27H34N4O5. The molecule has 0 bridgehead atoms. The van der Waals surface area contributed by atoms with Crippen LogP contribution in [0.1, 0.15) is 39.1 Å². The number of carbonyl (C=O) groups is 3. The number of benzene rings is 2. The van der Waals surface area contributed by atoms with Gasteiger partial charge in [-0.25, -0.2) is 0 Å². The Kier molecular flexibility index (Phi) is 8.78. The highest BCUT2D eigenvalue weighted by atomic mass is 16.5. The summed E-state index contributed by atoms with van der Waals surface area (Å²) >= 11 is 0. The van der Waals surface area contributed by atoms with Gasteiger partial charge in [-0.05, 0) is 37.6 Å². The van der Waals surface area contributed by atoms with Crippen molar-refractivity contribution in [2.45, 2.75) is 19.8 Å². The molecule has 0 atom stereocenters. The molecule has 0 spiro atoms. The van der Waals surface area contributed by atoms with Crippen molar-refractivity contribution < 1.29 is 23.9 Å². The van der Waals surface area contributed by atoms with Crippen LogP contribution in [0.15, 0.2) is 42.5 Å². The van der Waals surface area contributed by atoms with E-state index in [0.717, 1.165) is 24.3 Å². The number of nitrogens with one attached hydrogen (secondary N) is 2. The Bertz CT molecular complexity index is 1080. The van der Waals surface area contributed by atoms with Crippen molar-refractivity contribution >= 4 is 23.4 Å². The molecule has 1 fully saturated rings. The van der Waals surface area contributed by atoms with E-state index in [9.17, 15) is 14.4 Å². The molecule has 2 aromatic carbocycles. The Morgan fingerprint density at radius 2 is 1.72 bits per heavy atom. The van der Waals surface area contributed by atoms with Crippen LogP contribution in [-0.4, -0.2) is 81.7 Å². The number of nitrogens with zero attached hydrogens (tertiary/aromatic N) is 2. The fraction of sp³-hybridized carbons (Fsp3) is 0.444. The number of hydrogen-bond donors (Lipinski definition) is 2. The van der Waals surface area contributed by atoms with E-state index in [1.165, 1.54) is 0 Å². The largest absolute Gasteiger partial charge is 0.491 e. The third-order valence-corrected chi connectivity index (χ3v) is 6.33. The van der Waals surface area contributed by atoms with E-state index in [2.05, 4.69) is 15.5 Å². The summed E-state index contributed by atoms with van der Waals surface area (Å²) < 4.78 is 11.2. The number of amides is 3. The SMILES string of the molecule is Cc1ccc2c(c1)C(=O)NCCN(C(=O)c1ccccc1N1CCOCC1)CCCC(=O)NCCO2. The molecule has 9 nitrogen and oxygen atoms in total. The molecule has 2 aromatic rings. The lowest BCUT2D eigenvalue weighted by Crippen LogP contribution is -2.41. The Hall–Kier alpha value is -3.59. The van der Waals surface area contributed by atoms with E-state index in [0.29, 0.717) is 62.6 Å². The van der Waals surface area contributed by atoms with Crippen molar-refractivity contribution in [3.63, 3.8) is 0 Å². The van der Waals surface area contributed by atoms with E-state index in [4.69, 9.17) is 9.47 Å². The molecular weight excluding hydrogens is 460 g/mol. The zero-order valence-corrected chi connectivity index (χ0v) is 20.8. The number of aryl methyl sites for hydroxylation is 1. The maximum Gasteiger partial charge on any atom is 0.256 e. The summed E-state index contributed by atoms with van der Waals surface area (Å²) in [4.78, 5) is 42.9. The van der Waals surface area contributed by atoms with E-state index in [1.54, 1.807) is 17.0 Å². The summed E-state index contributed by atoms with van der Waals surface area (Å²) in [5.74, 6) is 0.00637. The summed E-state index contributed by atoms with van der Waals surface area (Å²) in [5, 5.41) is 5.78. The standard InChI is InChI=1S/C27H34N4O5/c1-20-8-9-24-22(19-20)26(33)29-10-13-31(12-4-7-25(32)28-11-16-36-24)27(34)21-5-2-3-6-23(21)30-14-17-35-18-15-30/h2-3,5-6,8-9,19H,4,7,10-18H2,1H3,(H,28,32)(H,29,33). The predicted molar refractivity (Wildman–Crippen MR) is 137 cm³/mol. The highest BCUT2D eigenvalue weighted by molar-refractivity contribution is 6.00. The maximum absolute atomic E-state index is 13.7. The lowest BCUT2D eigenvalue weighted by Gasteiger charge is -2.31. The predicted octanol–water partition coefficient (Wildman–Crippen LogP) is 1.99. The highest BCUT2D eigenvalue weighted by Gasteiger charge is 2.23. The molecule has 36 heavy (non-hydrogen) atoms. The van der Waals surface area contributed by atoms with Gasteiger partial charge in [0.05, 0.1) is 30.9 Å². The van der Waals surface area contributed by atoms with Crippen LogP contribution in [0.4, 0.5) is 5.69 Å². The molecule has 192 valence electrons. The molecule has 1 saturated heterocycles. The minimum atomic E-state index is -0.256. The maximum atomic E-state index is 13.7. The summed E-state index contributed by atoms with van der Waals surface area (Å²) in [6.07, 6.45) is 0.822. The van der Waals surface area contributed by atoms with Crippen molar-refractivity contribution in [1.82, 2.24) is 15.5 Å². The zero-order chi connectivity index (χ0) is 25.3. The van der Waals surface area contributed by atoms with Crippen LogP contribution in [0.5, 0.6) is 5.75 Å². The Labute approximate surface area is 211 Å². The molecule has 0 unspecified atom stereocenters. The van der Waals surface area contributed by atoms with E-state index < -0.39 is 0 Å². The molecule has 2 aliphatic heterocycles. The average Bonchev–Trinajstić information content (AvgIpc) is 2.91. The van der Waals surface area contributed by atoms with Gasteiger partial charge in [-0.15, -0.1) is 0 Å². The molecule has 9 heteroatoms. The third kappa shape index (κ3) is 6.54. The summed E-state index contributed by atoms with van der Waals surface area (Å²) in [6.45, 7) is 6.22. The van der Waals surface area contributed by atoms with Crippen LogP contribution in [0.3, 0.4) is 0 Å². The number of carbonyl (C=O) groups excluding carboxylic acids is 3. The van der Waals surface area contributed by atoms with Crippen LogP contribution >= 0.6 is 0 Å². The summed E-state index contributed by atoms with van der Waals surface area (Å²) in [7, 11) is 0. The molecule has 2 aliphatic rings. The minimum absolute atomic E-state index is 0.0899. The van der Waals surface area contributed by atoms with E-state index in [1.807, 2.05) is 37.3 Å². The number of fused-ring (bicyclic) bond motifs is 1. The summed E-state index contributed by atoms with van der Waals surface area (Å²) in [5.41, 5.74) is 2.87. The van der Waals surface area contributed by atoms with Gasteiger partial charge in [0, 0.05) is 44.8 Å². The second-order valence-electron chi connectivity index (χ2n) is 8.97. The molecule has 4 rings (SSSR count). The number of hydrogen-bond acceptors (Lipinski definition) is 6. The van der Waals surface area contributed by atoms with Crippen molar-refractivity contribution in [3.8, 4) is 5.75 Å². The van der Waals surface area contributed by atoms with Crippen LogP contribution in [0, 0.1) is 6.92 Å². The van der Waals surface area contributed by atoms with Gasteiger partial charge in [-0.1, -0.05) is 23.8 Å². The lowest BCUT2D eigenvalue weighted by molar-refractivity contribution is -0.121. The first-order chi connectivity index (χ1) is 17.5. The Morgan fingerprint density at radius 3 is 2.56 bits per heavy atom. The molecule has 0 saturated carbocycles. The highest BCUT2D eigenvalue weighted by Crippen LogP contribution is 2.24. The Morgan fingerprint density at radius 1 is 0.917 bits per heavy atom. The van der Waals surface area contributed by atoms with Crippen molar-refractivity contribution in [2.75, 3.05) is 64.0 Å². The molecule has 3 amide bonds. The smallest absolute Gasteiger partial charge is 0.256 e. The van der Waals surface area contributed by atoms with Gasteiger partial charge in [0.25, 0.3) is 11.8 Å². The second kappa shape index (κ2) is 12.4. The van der Waals surface area contributed by atoms with Gasteiger partial charge in [0.2, 0.25) is 5.91 Å². The van der Waals surface area contributed by atoms with Crippen molar-refractivity contribution in [2.24, 2.45) is 0 Å². The number of rotatable bonds is 2. The first kappa shape index (κ1) is 25.5. The van der Waals surface area contributed by atoms with Gasteiger partial charge >= 0.3 is 0 Å². The lowest BCUT2D eigenvalue weighted by atomic mass is 10.1. The van der Waals surface area contributed by atoms with Gasteiger partial charge in [0.15, 0.2) is 0 Å². The number of ether oxygens (including phenoxy) is 2. The number of para-hydroxylation sites is 1. The first-order valence-electron chi connectivity index (χ1n) is 12.5. The average molecular weight is 495 g/mol. The molecule has 0 aliphatic carbocycles. The molecule has 0 radical (unpaired) electrons. The number of anilines is 1. The third-order valence-electron chi connectivity index (χ3n) is 6.33. The monoisotopic (exact) mass is 494 g/mol. The molecule has 2 N–H and O–H groups in total. The quantitative estimate of drug-likeness (QED) is 0.663. The topological polar surface area (TPSA) is 100 Å². The van der Waals surface area contributed by atoms with Crippen molar-refractivity contribution in [3.05, 3.63) is 59.2 Å². The van der Waals surface area contributed by atoms with E-state index >= 15 is 0 Å². The number of morpholine rings is 1. The van der Waals surface area contributed by atoms with E-state index in [-0.39, 0.29) is 30.9 Å². The van der Waals surface area contributed by atoms with Gasteiger partial charge in [0.1, 0.15) is 12.4 Å². The van der Waals surface area contributed by atoms with Gasteiger partial charge < -0.3 is 29.9 Å². The van der Waals surface area contributed by atoms with Crippen LogP contribution < -0.4 is 20.3 Å².